The zero-order chi connectivity index (χ0) is 15.4. The van der Waals surface area contributed by atoms with Crippen molar-refractivity contribution in [1.29, 1.82) is 0 Å². The molecule has 0 spiro atoms. The van der Waals surface area contributed by atoms with Crippen LogP contribution in [0.2, 0.25) is 0 Å². The number of likely N-dealkylation sites (N-methyl/N-ethyl adjacent to an activating group) is 1. The Bertz CT molecular complexity index is 616. The van der Waals surface area contributed by atoms with Gasteiger partial charge in [-0.15, -0.1) is 0 Å². The molecule has 114 valence electrons. The summed E-state index contributed by atoms with van der Waals surface area (Å²) in [5, 5.41) is 7.38. The maximum Gasteiger partial charge on any atom is 0.236 e. The molecule has 0 fully saturated rings. The number of nitrogens with zero attached hydrogens (tertiary/aromatic N) is 1. The lowest BCUT2D eigenvalue weighted by atomic mass is 10.0. The van der Waals surface area contributed by atoms with Gasteiger partial charge < -0.3 is 15.2 Å². The maximum absolute atomic E-state index is 12.0. The van der Waals surface area contributed by atoms with E-state index in [2.05, 4.69) is 60.5 Å². The summed E-state index contributed by atoms with van der Waals surface area (Å²) >= 11 is 0. The summed E-state index contributed by atoms with van der Waals surface area (Å²) in [5.41, 5.74) is 2.44. The van der Waals surface area contributed by atoms with Crippen molar-refractivity contribution in [1.82, 2.24) is 15.2 Å². The summed E-state index contributed by atoms with van der Waals surface area (Å²) in [6.07, 6.45) is 2.97. The molecular weight excluding hydrogens is 262 g/mol. The molecule has 4 heteroatoms. The highest BCUT2D eigenvalue weighted by atomic mass is 16.2. The monoisotopic (exact) mass is 287 g/mol. The summed E-state index contributed by atoms with van der Waals surface area (Å²) in [6, 6.07) is 8.20. The average Bonchev–Trinajstić information content (AvgIpc) is 2.79. The van der Waals surface area contributed by atoms with Crippen LogP contribution in [0.4, 0.5) is 0 Å². The molecule has 21 heavy (non-hydrogen) atoms. The van der Waals surface area contributed by atoms with Crippen molar-refractivity contribution in [2.45, 2.75) is 32.9 Å². The van der Waals surface area contributed by atoms with E-state index < -0.39 is 0 Å². The van der Waals surface area contributed by atoms with Gasteiger partial charge in [-0.1, -0.05) is 32.0 Å². The molecule has 1 amide bonds. The van der Waals surface area contributed by atoms with Crippen molar-refractivity contribution in [3.63, 3.8) is 0 Å². The number of rotatable bonds is 6. The number of hydrogen-bond donors (Lipinski definition) is 2. The van der Waals surface area contributed by atoms with Gasteiger partial charge >= 0.3 is 0 Å². The molecule has 2 aromatic rings. The molecule has 1 aromatic heterocycles. The topological polar surface area (TPSA) is 46.1 Å². The molecule has 0 aliphatic heterocycles. The molecule has 2 N–H and O–H groups in total. The minimum Gasteiger partial charge on any atom is -0.358 e. The van der Waals surface area contributed by atoms with Crippen molar-refractivity contribution >= 4 is 16.8 Å². The Morgan fingerprint density at radius 3 is 2.67 bits per heavy atom. The van der Waals surface area contributed by atoms with E-state index in [0.29, 0.717) is 12.5 Å². The number of fused-ring (bicyclic) bond motifs is 1. The summed E-state index contributed by atoms with van der Waals surface area (Å²) in [7, 11) is 3.74. The van der Waals surface area contributed by atoms with Crippen LogP contribution in [0.3, 0.4) is 0 Å². The highest BCUT2D eigenvalue weighted by Gasteiger charge is 2.18. The van der Waals surface area contributed by atoms with Gasteiger partial charge in [0, 0.05) is 37.7 Å². The number of amides is 1. The summed E-state index contributed by atoms with van der Waals surface area (Å²) in [4.78, 5) is 12.0. The molecule has 0 saturated carbocycles. The normalized spacial score (nSPS) is 12.8. The maximum atomic E-state index is 12.0. The largest absolute Gasteiger partial charge is 0.358 e. The lowest BCUT2D eigenvalue weighted by molar-refractivity contribution is -0.123. The minimum atomic E-state index is -0.144. The smallest absolute Gasteiger partial charge is 0.236 e. The van der Waals surface area contributed by atoms with E-state index in [1.54, 1.807) is 7.05 Å². The number of aryl methyl sites for hydroxylation is 1. The highest BCUT2D eigenvalue weighted by Crippen LogP contribution is 2.20. The van der Waals surface area contributed by atoms with Gasteiger partial charge in [-0.3, -0.25) is 4.79 Å². The molecule has 0 bridgehead atoms. The van der Waals surface area contributed by atoms with Crippen LogP contribution >= 0.6 is 0 Å². The fraction of sp³-hybridized carbons (Fsp3) is 0.471. The Balaban J connectivity index is 2.14. The third-order valence-corrected chi connectivity index (χ3v) is 3.79. The summed E-state index contributed by atoms with van der Waals surface area (Å²) < 4.78 is 2.13. The van der Waals surface area contributed by atoms with Crippen LogP contribution < -0.4 is 10.6 Å². The molecule has 0 radical (unpaired) electrons. The summed E-state index contributed by atoms with van der Waals surface area (Å²) in [5.74, 6) is 0.538. The van der Waals surface area contributed by atoms with Crippen LogP contribution in [0.25, 0.3) is 10.9 Å². The molecular formula is C17H25N3O. The first-order chi connectivity index (χ1) is 10.0. The molecule has 0 saturated heterocycles. The molecule has 2 rings (SSSR count). The van der Waals surface area contributed by atoms with Crippen LogP contribution in [0.15, 0.2) is 30.5 Å². The first-order valence-electron chi connectivity index (χ1n) is 7.50. The van der Waals surface area contributed by atoms with Crippen molar-refractivity contribution < 1.29 is 4.79 Å². The lowest BCUT2D eigenvalue weighted by Gasteiger charge is -2.19. The van der Waals surface area contributed by atoms with Gasteiger partial charge in [0.1, 0.15) is 0 Å². The van der Waals surface area contributed by atoms with E-state index >= 15 is 0 Å². The second kappa shape index (κ2) is 6.76. The fourth-order valence-electron chi connectivity index (χ4n) is 2.73. The Hall–Kier alpha value is -1.81. The van der Waals surface area contributed by atoms with Crippen LogP contribution in [-0.2, 0) is 18.4 Å². The molecule has 4 nitrogen and oxygen atoms in total. The van der Waals surface area contributed by atoms with E-state index in [0.717, 1.165) is 6.42 Å². The number of nitrogens with one attached hydrogen (secondary N) is 2. The zero-order valence-corrected chi connectivity index (χ0v) is 13.3. The zero-order valence-electron chi connectivity index (χ0n) is 13.3. The third-order valence-electron chi connectivity index (χ3n) is 3.79. The molecule has 0 aliphatic carbocycles. The molecule has 0 aliphatic rings. The first-order valence-corrected chi connectivity index (χ1v) is 7.50. The predicted octanol–water partition coefficient (Wildman–Crippen LogP) is 2.43. The number of hydrogen-bond acceptors (Lipinski definition) is 2. The predicted molar refractivity (Wildman–Crippen MR) is 87.1 cm³/mol. The van der Waals surface area contributed by atoms with Gasteiger partial charge in [-0.25, -0.2) is 0 Å². The van der Waals surface area contributed by atoms with Crippen LogP contribution in [0.1, 0.15) is 25.8 Å². The average molecular weight is 287 g/mol. The van der Waals surface area contributed by atoms with Gasteiger partial charge in [-0.05, 0) is 24.0 Å². The van der Waals surface area contributed by atoms with Gasteiger partial charge in [-0.2, -0.15) is 0 Å². The quantitative estimate of drug-likeness (QED) is 0.857. The first kappa shape index (κ1) is 15.6. The molecule has 1 unspecified atom stereocenters. The van der Waals surface area contributed by atoms with Crippen molar-refractivity contribution in [2.24, 2.45) is 13.0 Å². The van der Waals surface area contributed by atoms with E-state index in [1.807, 2.05) is 6.07 Å². The number of aromatic nitrogens is 1. The number of para-hydroxylation sites is 1. The Labute approximate surface area is 126 Å². The van der Waals surface area contributed by atoms with Crippen molar-refractivity contribution in [3.8, 4) is 0 Å². The fourth-order valence-corrected chi connectivity index (χ4v) is 2.73. The number of benzene rings is 1. The van der Waals surface area contributed by atoms with E-state index in [9.17, 15) is 4.79 Å². The van der Waals surface area contributed by atoms with Gasteiger partial charge in [0.05, 0.1) is 6.04 Å². The van der Waals surface area contributed by atoms with Gasteiger partial charge in [0.25, 0.3) is 0 Å². The lowest BCUT2D eigenvalue weighted by Crippen LogP contribution is -2.43. The van der Waals surface area contributed by atoms with Crippen molar-refractivity contribution in [3.05, 3.63) is 36.0 Å². The molecule has 1 heterocycles. The van der Waals surface area contributed by atoms with Crippen LogP contribution in [0.5, 0.6) is 0 Å². The SMILES string of the molecule is CNC(=O)C(CC(C)C)NCc1cn(C)c2ccccc12. The Kier molecular flexibility index (Phi) is 5.02. The second-order valence-corrected chi connectivity index (χ2v) is 5.96. The van der Waals surface area contributed by atoms with E-state index in [-0.39, 0.29) is 11.9 Å². The Morgan fingerprint density at radius 1 is 1.29 bits per heavy atom. The summed E-state index contributed by atoms with van der Waals surface area (Å²) in [6.45, 7) is 4.97. The minimum absolute atomic E-state index is 0.0592. The standard InChI is InChI=1S/C17H25N3O/c1-12(2)9-15(17(21)18-3)19-10-13-11-20(4)16-8-6-5-7-14(13)16/h5-8,11-12,15,19H,9-10H2,1-4H3,(H,18,21). The number of carbonyl (C=O) groups excluding carboxylic acids is 1. The van der Waals surface area contributed by atoms with Crippen LogP contribution in [0, 0.1) is 5.92 Å². The van der Waals surface area contributed by atoms with Gasteiger partial charge in [0.2, 0.25) is 5.91 Å². The Morgan fingerprint density at radius 2 is 2.00 bits per heavy atom. The molecule has 1 atom stereocenters. The number of carbonyl (C=O) groups is 1. The third kappa shape index (κ3) is 3.64. The highest BCUT2D eigenvalue weighted by molar-refractivity contribution is 5.84. The molecule has 1 aromatic carbocycles. The second-order valence-electron chi connectivity index (χ2n) is 5.96. The van der Waals surface area contributed by atoms with Crippen molar-refractivity contribution in [2.75, 3.05) is 7.05 Å². The van der Waals surface area contributed by atoms with E-state index in [4.69, 9.17) is 0 Å². The van der Waals surface area contributed by atoms with E-state index in [1.165, 1.54) is 16.5 Å². The van der Waals surface area contributed by atoms with Gasteiger partial charge in [0.15, 0.2) is 0 Å². The van der Waals surface area contributed by atoms with Crippen LogP contribution in [-0.4, -0.2) is 23.6 Å².